The van der Waals surface area contributed by atoms with Gasteiger partial charge >= 0.3 is 11.8 Å². The number of nitrogens with one attached hydrogen (secondary N) is 1. The molecule has 1 fully saturated rings. The Kier molecular flexibility index (Phi) is 9.06. The molecule has 220 valence electrons. The molecule has 0 aliphatic carbocycles. The first-order chi connectivity index (χ1) is 20.4. The van der Waals surface area contributed by atoms with E-state index in [-0.39, 0.29) is 19.8 Å². The van der Waals surface area contributed by atoms with Gasteiger partial charge in [-0.15, -0.1) is 0 Å². The Bertz CT molecular complexity index is 1510. The molecule has 0 bridgehead atoms. The zero-order valence-corrected chi connectivity index (χ0v) is 23.3. The van der Waals surface area contributed by atoms with Crippen molar-refractivity contribution in [3.05, 3.63) is 117 Å². The molecule has 1 aromatic heterocycles. The lowest BCUT2D eigenvalue weighted by molar-refractivity contribution is -0.0656. The number of nitrogens with zero attached hydrogens (tertiary/aromatic N) is 4. The Labute approximate surface area is 242 Å². The average Bonchev–Trinajstić information content (AvgIpc) is 3.48. The number of H-pyrrole nitrogens is 1. The number of amides is 1. The Hall–Kier alpha value is -4.38. The van der Waals surface area contributed by atoms with Gasteiger partial charge in [-0.25, -0.2) is 23.5 Å². The van der Waals surface area contributed by atoms with Crippen LogP contribution in [0.3, 0.4) is 0 Å². The molecule has 1 amide bonds. The van der Waals surface area contributed by atoms with Crippen LogP contribution in [0, 0.1) is 0 Å². The molecular formula is C31H33F2N5O4. The Morgan fingerprint density at radius 3 is 2.31 bits per heavy atom. The number of ether oxygens (including phenoxy) is 2. The van der Waals surface area contributed by atoms with Crippen LogP contribution in [0.15, 0.2) is 83.7 Å². The molecule has 0 spiro atoms. The summed E-state index contributed by atoms with van der Waals surface area (Å²) in [5.74, 6) is 0. The summed E-state index contributed by atoms with van der Waals surface area (Å²) in [6.45, 7) is 0.641. The van der Waals surface area contributed by atoms with Crippen LogP contribution in [0.25, 0.3) is 0 Å². The first-order valence-electron chi connectivity index (χ1n) is 13.8. The fourth-order valence-corrected chi connectivity index (χ4v) is 5.53. The number of halogens is 2. The number of likely N-dealkylation sites (tertiary alicyclic amines) is 1. The minimum Gasteiger partial charge on any atom is -0.445 e. The van der Waals surface area contributed by atoms with E-state index < -0.39 is 42.8 Å². The van der Waals surface area contributed by atoms with Crippen molar-refractivity contribution >= 4 is 6.09 Å². The number of tetrazole rings is 1. The number of hydrogen-bond acceptors (Lipinski definition) is 6. The van der Waals surface area contributed by atoms with Gasteiger partial charge in [0.15, 0.2) is 0 Å². The molecule has 3 aromatic carbocycles. The van der Waals surface area contributed by atoms with Crippen LogP contribution in [0.1, 0.15) is 59.7 Å². The molecule has 4 aromatic rings. The molecule has 3 atom stereocenters. The van der Waals surface area contributed by atoms with Gasteiger partial charge in [-0.2, -0.15) is 4.68 Å². The number of aromatic nitrogens is 4. The summed E-state index contributed by atoms with van der Waals surface area (Å²) in [4.78, 5) is 27.9. The molecule has 1 N–H and O–H groups in total. The lowest BCUT2D eigenvalue weighted by Gasteiger charge is -2.49. The number of aromatic amines is 1. The van der Waals surface area contributed by atoms with Gasteiger partial charge in [0.05, 0.1) is 24.3 Å². The molecule has 42 heavy (non-hydrogen) atoms. The van der Waals surface area contributed by atoms with E-state index in [0.717, 1.165) is 11.1 Å². The molecule has 2 heterocycles. The summed E-state index contributed by atoms with van der Waals surface area (Å²) in [6.07, 6.45) is -0.168. The molecule has 5 rings (SSSR count). The van der Waals surface area contributed by atoms with Gasteiger partial charge in [0.2, 0.25) is 0 Å². The van der Waals surface area contributed by atoms with Gasteiger partial charge in [-0.3, -0.25) is 4.90 Å². The number of piperidine rings is 1. The topological polar surface area (TPSA) is 102 Å². The van der Waals surface area contributed by atoms with E-state index in [4.69, 9.17) is 9.47 Å². The van der Waals surface area contributed by atoms with Gasteiger partial charge in [-0.05, 0) is 58.0 Å². The van der Waals surface area contributed by atoms with Crippen LogP contribution in [0.2, 0.25) is 0 Å². The lowest BCUT2D eigenvalue weighted by Crippen LogP contribution is -2.58. The molecule has 1 saturated heterocycles. The fraction of sp³-hybridized carbons (Fsp3) is 0.355. The van der Waals surface area contributed by atoms with E-state index in [2.05, 4.69) is 15.5 Å². The molecule has 1 aliphatic rings. The zero-order chi connectivity index (χ0) is 29.5. The van der Waals surface area contributed by atoms with Crippen molar-refractivity contribution in [3.8, 4) is 0 Å². The number of alkyl halides is 2. The van der Waals surface area contributed by atoms with Crippen LogP contribution in [-0.2, 0) is 35.0 Å². The highest BCUT2D eigenvalue weighted by Crippen LogP contribution is 2.42. The number of rotatable bonds is 10. The highest BCUT2D eigenvalue weighted by atomic mass is 19.1. The summed E-state index contributed by atoms with van der Waals surface area (Å²) in [6, 6.07) is 23.3. The van der Waals surface area contributed by atoms with Gasteiger partial charge in [-0.1, -0.05) is 78.9 Å². The summed E-state index contributed by atoms with van der Waals surface area (Å²) in [5.41, 5.74) is 1.62. The SMILES string of the molecule is C[C@@H](OC[C@@]1(c2ccccc2)CCC(n2nn[nH]c2=O)CN1C(=O)OCc1ccccc1)c1cc(CF)cc(CF)c1. The molecule has 11 heteroatoms. The minimum atomic E-state index is -0.965. The average molecular weight is 578 g/mol. The van der Waals surface area contributed by atoms with Crippen molar-refractivity contribution in [3.63, 3.8) is 0 Å². The zero-order valence-electron chi connectivity index (χ0n) is 23.3. The maximum absolute atomic E-state index is 13.9. The van der Waals surface area contributed by atoms with Crippen LogP contribution in [0.4, 0.5) is 13.6 Å². The molecular weight excluding hydrogens is 544 g/mol. The van der Waals surface area contributed by atoms with E-state index in [9.17, 15) is 18.4 Å². The van der Waals surface area contributed by atoms with Crippen LogP contribution in [-0.4, -0.2) is 44.4 Å². The maximum atomic E-state index is 13.9. The molecule has 1 unspecified atom stereocenters. The second-order valence-electron chi connectivity index (χ2n) is 10.5. The highest BCUT2D eigenvalue weighted by Gasteiger charge is 2.48. The van der Waals surface area contributed by atoms with Crippen molar-refractivity contribution in [2.24, 2.45) is 0 Å². The second-order valence-corrected chi connectivity index (χ2v) is 10.5. The molecule has 0 radical (unpaired) electrons. The van der Waals surface area contributed by atoms with E-state index in [1.165, 1.54) is 10.7 Å². The summed E-state index contributed by atoms with van der Waals surface area (Å²) < 4.78 is 40.5. The van der Waals surface area contributed by atoms with Crippen molar-refractivity contribution in [2.75, 3.05) is 13.2 Å². The third-order valence-corrected chi connectivity index (χ3v) is 7.80. The van der Waals surface area contributed by atoms with Gasteiger partial charge in [0, 0.05) is 6.54 Å². The minimum absolute atomic E-state index is 0.0644. The summed E-state index contributed by atoms with van der Waals surface area (Å²) >= 11 is 0. The van der Waals surface area contributed by atoms with Crippen LogP contribution >= 0.6 is 0 Å². The summed E-state index contributed by atoms with van der Waals surface area (Å²) in [7, 11) is 0. The smallest absolute Gasteiger partial charge is 0.410 e. The van der Waals surface area contributed by atoms with E-state index in [1.807, 2.05) is 67.6 Å². The van der Waals surface area contributed by atoms with Crippen molar-refractivity contribution in [1.82, 2.24) is 25.1 Å². The Morgan fingerprint density at radius 1 is 1.02 bits per heavy atom. The first kappa shape index (κ1) is 29.1. The monoisotopic (exact) mass is 577 g/mol. The van der Waals surface area contributed by atoms with E-state index in [0.29, 0.717) is 29.5 Å². The normalized spacial score (nSPS) is 19.4. The van der Waals surface area contributed by atoms with Crippen molar-refractivity contribution in [2.45, 2.75) is 57.4 Å². The molecule has 1 aliphatic heterocycles. The number of benzene rings is 3. The first-order valence-corrected chi connectivity index (χ1v) is 13.8. The Morgan fingerprint density at radius 2 is 1.69 bits per heavy atom. The van der Waals surface area contributed by atoms with Crippen LogP contribution in [0.5, 0.6) is 0 Å². The van der Waals surface area contributed by atoms with Gasteiger partial charge < -0.3 is 9.47 Å². The maximum Gasteiger partial charge on any atom is 0.410 e. The number of hydrogen-bond donors (Lipinski definition) is 1. The number of carbonyl (C=O) groups excluding carboxylic acids is 1. The Balaban J connectivity index is 1.48. The summed E-state index contributed by atoms with van der Waals surface area (Å²) in [5, 5.41) is 9.86. The predicted molar refractivity (Wildman–Crippen MR) is 151 cm³/mol. The predicted octanol–water partition coefficient (Wildman–Crippen LogP) is 5.55. The third-order valence-electron chi connectivity index (χ3n) is 7.80. The molecule has 0 saturated carbocycles. The van der Waals surface area contributed by atoms with E-state index >= 15 is 0 Å². The fourth-order valence-electron chi connectivity index (χ4n) is 5.53. The second kappa shape index (κ2) is 13.1. The lowest BCUT2D eigenvalue weighted by atomic mass is 9.79. The van der Waals surface area contributed by atoms with Crippen molar-refractivity contribution < 1.29 is 23.0 Å². The van der Waals surface area contributed by atoms with Gasteiger partial charge in [0.1, 0.15) is 20.0 Å². The standard InChI is InChI=1S/C31H33F2N5O4/c1-22(26-15-24(17-32)14-25(16-26)18-33)42-21-31(27-10-6-3-7-11-27)13-12-28(38-29(39)34-35-36-38)19-37(31)30(40)41-20-23-8-4-2-5-9-23/h2-11,14-16,22,28H,12-13,17-21H2,1H3,(H,34,36,39)/t22-,28?,31-/m1/s1. The largest absolute Gasteiger partial charge is 0.445 e. The third kappa shape index (κ3) is 6.25. The highest BCUT2D eigenvalue weighted by molar-refractivity contribution is 5.69. The van der Waals surface area contributed by atoms with E-state index in [1.54, 1.807) is 17.0 Å². The number of carbonyl (C=O) groups is 1. The van der Waals surface area contributed by atoms with Crippen LogP contribution < -0.4 is 5.69 Å². The quantitative estimate of drug-likeness (QED) is 0.265. The van der Waals surface area contributed by atoms with Gasteiger partial charge in [0.25, 0.3) is 0 Å². The molecule has 9 nitrogen and oxygen atoms in total. The van der Waals surface area contributed by atoms with Crippen molar-refractivity contribution in [1.29, 1.82) is 0 Å².